The van der Waals surface area contributed by atoms with Gasteiger partial charge in [-0.2, -0.15) is 5.10 Å². The van der Waals surface area contributed by atoms with Crippen LogP contribution < -0.4 is 5.32 Å². The molecule has 0 radical (unpaired) electrons. The van der Waals surface area contributed by atoms with E-state index in [1.54, 1.807) is 23.1 Å². The number of carbonyl (C=O) groups excluding carboxylic acids is 1. The molecule has 0 saturated heterocycles. The predicted octanol–water partition coefficient (Wildman–Crippen LogP) is 5.11. The summed E-state index contributed by atoms with van der Waals surface area (Å²) in [5.41, 5.74) is 0.548. The Morgan fingerprint density at radius 1 is 1.23 bits per heavy atom. The zero-order valence-electron chi connectivity index (χ0n) is 14.9. The molecular weight excluding hydrogens is 366 g/mol. The fourth-order valence-electron chi connectivity index (χ4n) is 2.18. The quantitative estimate of drug-likeness (QED) is 0.661. The van der Waals surface area contributed by atoms with E-state index in [0.29, 0.717) is 6.54 Å². The van der Waals surface area contributed by atoms with Crippen molar-refractivity contribution < 1.29 is 9.53 Å². The van der Waals surface area contributed by atoms with Crippen molar-refractivity contribution in [2.24, 2.45) is 0 Å². The Morgan fingerprint density at radius 3 is 2.73 bits per heavy atom. The molecule has 1 aromatic carbocycles. The molecule has 136 valence electrons. The first kappa shape index (κ1) is 18.5. The monoisotopic (exact) mass is 387 g/mol. The summed E-state index contributed by atoms with van der Waals surface area (Å²) < 4.78 is 8.26. The van der Waals surface area contributed by atoms with Gasteiger partial charge in [-0.1, -0.05) is 30.0 Å². The van der Waals surface area contributed by atoms with Crippen LogP contribution in [0.3, 0.4) is 0 Å². The van der Waals surface area contributed by atoms with Crippen LogP contribution in [0, 0.1) is 0 Å². The van der Waals surface area contributed by atoms with Crippen LogP contribution in [0.5, 0.6) is 0 Å². The lowest BCUT2D eigenvalue weighted by molar-refractivity contribution is 0.0524. The smallest absolute Gasteiger partial charge is 0.407 e. The van der Waals surface area contributed by atoms with Gasteiger partial charge in [0, 0.05) is 11.1 Å². The van der Waals surface area contributed by atoms with Crippen molar-refractivity contribution in [2.75, 3.05) is 0 Å². The summed E-state index contributed by atoms with van der Waals surface area (Å²) in [5.74, 6) is 0. The third-order valence-corrected chi connectivity index (χ3v) is 5.40. The number of alkyl carbamates (subject to hydrolysis) is 1. The molecule has 0 saturated carbocycles. The van der Waals surface area contributed by atoms with Gasteiger partial charge in [0.2, 0.25) is 0 Å². The third kappa shape index (κ3) is 5.37. The zero-order chi connectivity index (χ0) is 18.6. The molecule has 0 fully saturated rings. The lowest BCUT2D eigenvalue weighted by Gasteiger charge is -2.19. The van der Waals surface area contributed by atoms with E-state index in [0.717, 1.165) is 19.7 Å². The molecule has 2 aromatic heterocycles. The van der Waals surface area contributed by atoms with Crippen LogP contribution in [0.1, 0.15) is 25.6 Å². The molecule has 0 unspecified atom stereocenters. The minimum Gasteiger partial charge on any atom is -0.444 e. The van der Waals surface area contributed by atoms with Crippen LogP contribution in [0.25, 0.3) is 5.69 Å². The molecule has 2 heterocycles. The van der Waals surface area contributed by atoms with Gasteiger partial charge in [0.25, 0.3) is 0 Å². The highest BCUT2D eigenvalue weighted by atomic mass is 32.2. The van der Waals surface area contributed by atoms with Crippen LogP contribution in [-0.4, -0.2) is 21.5 Å². The van der Waals surface area contributed by atoms with E-state index in [1.807, 2.05) is 74.2 Å². The topological polar surface area (TPSA) is 56.1 Å². The van der Waals surface area contributed by atoms with E-state index < -0.39 is 11.7 Å². The van der Waals surface area contributed by atoms with E-state index >= 15 is 0 Å². The van der Waals surface area contributed by atoms with Gasteiger partial charge in [0.15, 0.2) is 0 Å². The van der Waals surface area contributed by atoms with Gasteiger partial charge in [-0.05, 0) is 45.0 Å². The van der Waals surface area contributed by atoms with Crippen molar-refractivity contribution >= 4 is 29.2 Å². The summed E-state index contributed by atoms with van der Waals surface area (Å²) in [7, 11) is 0. The van der Waals surface area contributed by atoms with Crippen molar-refractivity contribution in [3.63, 3.8) is 0 Å². The Balaban J connectivity index is 1.56. The summed E-state index contributed by atoms with van der Waals surface area (Å²) in [6.07, 6.45) is 3.47. The lowest BCUT2D eigenvalue weighted by atomic mass is 10.2. The number of hydrogen-bond acceptors (Lipinski definition) is 5. The number of para-hydroxylation sites is 1. The normalized spacial score (nSPS) is 11.3. The lowest BCUT2D eigenvalue weighted by Crippen LogP contribution is -2.31. The molecule has 0 aliphatic heterocycles. The zero-order valence-corrected chi connectivity index (χ0v) is 16.6. The first-order valence-electron chi connectivity index (χ1n) is 8.22. The van der Waals surface area contributed by atoms with Gasteiger partial charge in [0.05, 0.1) is 27.5 Å². The maximum atomic E-state index is 11.7. The maximum absolute atomic E-state index is 11.7. The number of carbonyl (C=O) groups is 1. The minimum atomic E-state index is -0.487. The minimum absolute atomic E-state index is 0.399. The Morgan fingerprint density at radius 2 is 2.00 bits per heavy atom. The van der Waals surface area contributed by atoms with Gasteiger partial charge in [0.1, 0.15) is 5.60 Å². The van der Waals surface area contributed by atoms with Crippen molar-refractivity contribution in [1.82, 2.24) is 15.1 Å². The third-order valence-electron chi connectivity index (χ3n) is 3.24. The van der Waals surface area contributed by atoms with Crippen LogP contribution in [-0.2, 0) is 11.3 Å². The first-order valence-corrected chi connectivity index (χ1v) is 9.86. The Kier molecular flexibility index (Phi) is 5.68. The summed E-state index contributed by atoms with van der Waals surface area (Å²) in [4.78, 5) is 13.9. The number of benzene rings is 1. The second-order valence-electron chi connectivity index (χ2n) is 6.63. The number of ether oxygens (including phenoxy) is 1. The Labute approximate surface area is 161 Å². The molecule has 0 bridgehead atoms. The van der Waals surface area contributed by atoms with Crippen molar-refractivity contribution in [3.05, 3.63) is 59.7 Å². The molecule has 0 atom stereocenters. The number of amides is 1. The Hall–Kier alpha value is -2.25. The highest BCUT2D eigenvalue weighted by Crippen LogP contribution is 2.33. The van der Waals surface area contributed by atoms with Crippen molar-refractivity contribution in [1.29, 1.82) is 0 Å². The molecule has 26 heavy (non-hydrogen) atoms. The molecule has 0 aliphatic rings. The maximum Gasteiger partial charge on any atom is 0.407 e. The largest absolute Gasteiger partial charge is 0.444 e. The molecule has 1 N–H and O–H groups in total. The van der Waals surface area contributed by atoms with E-state index in [4.69, 9.17) is 4.74 Å². The molecule has 5 nitrogen and oxygen atoms in total. The van der Waals surface area contributed by atoms with Crippen LogP contribution >= 0.6 is 23.1 Å². The van der Waals surface area contributed by atoms with Crippen LogP contribution in [0.15, 0.2) is 64.0 Å². The van der Waals surface area contributed by atoms with Gasteiger partial charge < -0.3 is 10.1 Å². The van der Waals surface area contributed by atoms with Crippen LogP contribution in [0.4, 0.5) is 4.79 Å². The average molecular weight is 388 g/mol. The summed E-state index contributed by atoms with van der Waals surface area (Å²) in [5, 5.41) is 7.19. The molecule has 0 aliphatic carbocycles. The highest BCUT2D eigenvalue weighted by molar-refractivity contribution is 8.01. The summed E-state index contributed by atoms with van der Waals surface area (Å²) in [6.45, 7) is 6.01. The molecule has 7 heteroatoms. The second kappa shape index (κ2) is 7.97. The number of hydrogen-bond donors (Lipinski definition) is 1. The second-order valence-corrected chi connectivity index (χ2v) is 9.18. The molecule has 3 rings (SSSR count). The highest BCUT2D eigenvalue weighted by Gasteiger charge is 2.16. The molecule has 3 aromatic rings. The standard InChI is InChI=1S/C19H21N3O2S2/c1-19(2,3)24-18(23)20-11-15-9-10-17(25-15)26-16-12-21-22(13-16)14-7-5-4-6-8-14/h4-10,12-13H,11H2,1-3H3,(H,20,23). The van der Waals surface area contributed by atoms with Crippen molar-refractivity contribution in [3.8, 4) is 5.69 Å². The molecule has 1 amide bonds. The molecular formula is C19H21N3O2S2. The van der Waals surface area contributed by atoms with E-state index in [9.17, 15) is 4.79 Å². The van der Waals surface area contributed by atoms with E-state index in [1.165, 1.54) is 0 Å². The number of thiophene rings is 1. The average Bonchev–Trinajstić information content (AvgIpc) is 3.22. The van der Waals surface area contributed by atoms with Crippen molar-refractivity contribution in [2.45, 2.75) is 42.0 Å². The Bertz CT molecular complexity index is 866. The van der Waals surface area contributed by atoms with Gasteiger partial charge in [-0.3, -0.25) is 0 Å². The summed E-state index contributed by atoms with van der Waals surface area (Å²) >= 11 is 3.31. The van der Waals surface area contributed by atoms with Gasteiger partial charge >= 0.3 is 6.09 Å². The fourth-order valence-corrected chi connectivity index (χ4v) is 4.25. The van der Waals surface area contributed by atoms with E-state index in [2.05, 4.69) is 16.5 Å². The summed E-state index contributed by atoms with van der Waals surface area (Å²) in [6, 6.07) is 14.1. The number of nitrogens with one attached hydrogen (secondary N) is 1. The number of aromatic nitrogens is 2. The van der Waals surface area contributed by atoms with Gasteiger partial charge in [-0.15, -0.1) is 11.3 Å². The van der Waals surface area contributed by atoms with Gasteiger partial charge in [-0.25, -0.2) is 9.48 Å². The first-order chi connectivity index (χ1) is 12.4. The van der Waals surface area contributed by atoms with E-state index in [-0.39, 0.29) is 0 Å². The fraction of sp³-hybridized carbons (Fsp3) is 0.263. The predicted molar refractivity (Wildman–Crippen MR) is 105 cm³/mol. The SMILES string of the molecule is CC(C)(C)OC(=O)NCc1ccc(Sc2cnn(-c3ccccc3)c2)s1. The number of nitrogens with zero attached hydrogens (tertiary/aromatic N) is 2. The number of rotatable bonds is 5. The molecule has 0 spiro atoms. The van der Waals surface area contributed by atoms with Crippen LogP contribution in [0.2, 0.25) is 0 Å².